The van der Waals surface area contributed by atoms with Gasteiger partial charge in [-0.2, -0.15) is 0 Å². The van der Waals surface area contributed by atoms with E-state index in [1.807, 2.05) is 61.8 Å². The molecule has 8 atom stereocenters. The quantitative estimate of drug-likeness (QED) is 0.161. The van der Waals surface area contributed by atoms with Gasteiger partial charge in [0.05, 0.1) is 50.1 Å². The topological polar surface area (TPSA) is 200 Å². The normalized spacial score (nSPS) is 24.4. The van der Waals surface area contributed by atoms with Crippen molar-refractivity contribution in [3.8, 4) is 33.9 Å². The number of nitrogens with zero attached hydrogens (tertiary/aromatic N) is 6. The van der Waals surface area contributed by atoms with Crippen molar-refractivity contribution in [1.82, 2.24) is 50.3 Å². The fourth-order valence-electron chi connectivity index (χ4n) is 8.74. The Kier molecular flexibility index (Phi) is 9.74. The zero-order valence-electron chi connectivity index (χ0n) is 32.4. The highest BCUT2D eigenvalue weighted by molar-refractivity contribution is 5.88. The van der Waals surface area contributed by atoms with Gasteiger partial charge in [0.1, 0.15) is 23.7 Å². The van der Waals surface area contributed by atoms with Crippen LogP contribution in [0.1, 0.15) is 77.1 Å². The van der Waals surface area contributed by atoms with Gasteiger partial charge in [0.25, 0.3) is 0 Å². The van der Waals surface area contributed by atoms with Crippen LogP contribution in [0.5, 0.6) is 0 Å². The van der Waals surface area contributed by atoms with Crippen LogP contribution in [0.25, 0.3) is 33.9 Å². The lowest BCUT2D eigenvalue weighted by atomic mass is 9.64. The first-order valence-electron chi connectivity index (χ1n) is 19.3. The fraction of sp³-hybridized carbons (Fsp3) is 0.500. The minimum atomic E-state index is -0.694. The number of amides is 4. The predicted octanol–water partition coefficient (Wildman–Crippen LogP) is 5.01. The second kappa shape index (κ2) is 14.7. The van der Waals surface area contributed by atoms with Crippen LogP contribution in [0.4, 0.5) is 9.59 Å². The summed E-state index contributed by atoms with van der Waals surface area (Å²) in [6.07, 6.45) is 9.71. The van der Waals surface area contributed by atoms with Gasteiger partial charge >= 0.3 is 12.2 Å². The number of carbonyl (C=O) groups excluding carboxylic acids is 4. The van der Waals surface area contributed by atoms with E-state index >= 15 is 0 Å². The molecule has 3 aromatic heterocycles. The highest BCUT2D eigenvalue weighted by atomic mass is 16.5. The van der Waals surface area contributed by atoms with Crippen LogP contribution in [-0.2, 0) is 19.1 Å². The van der Waals surface area contributed by atoms with Gasteiger partial charge in [0, 0.05) is 47.4 Å². The molecule has 2 aliphatic carbocycles. The van der Waals surface area contributed by atoms with E-state index in [9.17, 15) is 19.2 Å². The van der Waals surface area contributed by atoms with Gasteiger partial charge in [-0.05, 0) is 43.1 Å². The van der Waals surface area contributed by atoms with E-state index in [1.165, 1.54) is 14.2 Å². The molecule has 4 fully saturated rings. The smallest absolute Gasteiger partial charge is 0.407 e. The molecule has 8 rings (SSSR count). The first-order chi connectivity index (χ1) is 27.0. The van der Waals surface area contributed by atoms with E-state index < -0.39 is 24.3 Å². The molecule has 16 heteroatoms. The summed E-state index contributed by atoms with van der Waals surface area (Å²) < 4.78 is 9.55. The number of benzene rings is 1. The predicted molar refractivity (Wildman–Crippen MR) is 203 cm³/mol. The van der Waals surface area contributed by atoms with Crippen molar-refractivity contribution in [2.24, 2.45) is 23.7 Å². The maximum absolute atomic E-state index is 13.7. The Morgan fingerprint density at radius 3 is 1.45 bits per heavy atom. The van der Waals surface area contributed by atoms with Crippen molar-refractivity contribution in [3.05, 3.63) is 60.7 Å². The lowest BCUT2D eigenvalue weighted by molar-refractivity contribution is -0.174. The number of aromatic amines is 2. The lowest BCUT2D eigenvalue weighted by Crippen LogP contribution is -2.69. The van der Waals surface area contributed by atoms with Crippen LogP contribution >= 0.6 is 0 Å². The number of carbonyl (C=O) groups is 4. The first-order valence-corrected chi connectivity index (χ1v) is 19.3. The van der Waals surface area contributed by atoms with Crippen molar-refractivity contribution in [1.29, 1.82) is 0 Å². The number of hydrogen-bond donors (Lipinski definition) is 4. The number of nitrogens with one attached hydrogen (secondary N) is 4. The van der Waals surface area contributed by atoms with Crippen LogP contribution in [-0.4, -0.2) is 102 Å². The summed E-state index contributed by atoms with van der Waals surface area (Å²) >= 11 is 0. The molecule has 2 saturated heterocycles. The molecule has 2 saturated carbocycles. The maximum atomic E-state index is 13.7. The summed E-state index contributed by atoms with van der Waals surface area (Å²) in [6, 6.07) is 6.44. The van der Waals surface area contributed by atoms with Gasteiger partial charge in [0.15, 0.2) is 5.82 Å². The van der Waals surface area contributed by atoms with Gasteiger partial charge in [-0.25, -0.2) is 29.5 Å². The largest absolute Gasteiger partial charge is 0.453 e. The summed E-state index contributed by atoms with van der Waals surface area (Å²) in [6.45, 7) is 7.62. The van der Waals surface area contributed by atoms with Crippen LogP contribution in [0.3, 0.4) is 0 Å². The number of methoxy groups -OCH3 is 2. The molecule has 2 aliphatic heterocycles. The Hall–Kier alpha value is -5.80. The Morgan fingerprint density at radius 1 is 0.625 bits per heavy atom. The zero-order valence-corrected chi connectivity index (χ0v) is 32.4. The number of H-pyrrole nitrogens is 2. The van der Waals surface area contributed by atoms with Crippen molar-refractivity contribution in [3.63, 3.8) is 0 Å². The number of rotatable bonds is 11. The van der Waals surface area contributed by atoms with E-state index in [0.717, 1.165) is 59.6 Å². The third-order valence-electron chi connectivity index (χ3n) is 12.2. The van der Waals surface area contributed by atoms with Crippen LogP contribution in [0.15, 0.2) is 49.1 Å². The fourth-order valence-corrected chi connectivity index (χ4v) is 8.74. The molecule has 0 spiro atoms. The summed E-state index contributed by atoms with van der Waals surface area (Å²) in [7, 11) is 2.58. The van der Waals surface area contributed by atoms with Gasteiger partial charge in [-0.15, -0.1) is 0 Å². The molecule has 1 aromatic carbocycles. The molecular weight excluding hydrogens is 717 g/mol. The number of hydrogen-bond acceptors (Lipinski definition) is 10. The minimum absolute atomic E-state index is 0.106. The number of likely N-dealkylation sites (tertiary alicyclic amines) is 2. The number of imidazole rings is 2. The zero-order chi connectivity index (χ0) is 39.4. The lowest BCUT2D eigenvalue weighted by Gasteiger charge is -2.61. The number of fused-ring (bicyclic) bond motifs is 2. The Morgan fingerprint density at radius 2 is 1.05 bits per heavy atom. The second-order valence-electron chi connectivity index (χ2n) is 15.9. The van der Waals surface area contributed by atoms with E-state index in [0.29, 0.717) is 23.5 Å². The average molecular weight is 765 g/mol. The Balaban J connectivity index is 0.931. The molecule has 294 valence electrons. The summed E-state index contributed by atoms with van der Waals surface area (Å²) in [5.74, 6) is 2.20. The number of aromatic nitrogens is 6. The van der Waals surface area contributed by atoms with Crippen molar-refractivity contribution >= 4 is 24.0 Å². The highest BCUT2D eigenvalue weighted by Gasteiger charge is 2.59. The standard InChI is InChI=1S/C40H48N10O6/c1-19(2)30(47-39(53)55-5)37(51)49-28-13-11-24(28)32(49)35-43-17-26(45-35)21-7-9-22(10-8-21)34-41-15-23(16-42-34)27-18-44-36(46-27)33-25-12-14-29(25)50(33)38(52)31(20(3)4)48-40(54)56-6/h7-10,15-20,24-25,28-33H,11-14H2,1-6H3,(H,43,45)(H,44,46)(H,47,53)(H,48,54). The van der Waals surface area contributed by atoms with E-state index in [1.54, 1.807) is 24.8 Å². The summed E-state index contributed by atoms with van der Waals surface area (Å²) in [5.41, 5.74) is 4.13. The average Bonchev–Trinajstić information content (AvgIpc) is 3.87. The Bertz CT molecular complexity index is 1960. The Labute approximate surface area is 324 Å². The number of piperidine rings is 2. The van der Waals surface area contributed by atoms with Crippen molar-refractivity contribution in [2.45, 2.75) is 89.6 Å². The van der Waals surface area contributed by atoms with Crippen molar-refractivity contribution in [2.75, 3.05) is 14.2 Å². The molecule has 8 unspecified atom stereocenters. The molecule has 4 aliphatic rings. The third kappa shape index (κ3) is 6.33. The highest BCUT2D eigenvalue weighted by Crippen LogP contribution is 2.56. The second-order valence-corrected chi connectivity index (χ2v) is 15.9. The van der Waals surface area contributed by atoms with Crippen molar-refractivity contribution < 1.29 is 28.7 Å². The first kappa shape index (κ1) is 37.1. The molecule has 5 heterocycles. The molecular formula is C40H48N10O6. The van der Waals surface area contributed by atoms with Crippen LogP contribution in [0, 0.1) is 23.7 Å². The van der Waals surface area contributed by atoms with E-state index in [4.69, 9.17) is 14.5 Å². The summed E-state index contributed by atoms with van der Waals surface area (Å²) in [4.78, 5) is 80.7. The molecule has 4 amide bonds. The van der Waals surface area contributed by atoms with Crippen LogP contribution in [0.2, 0.25) is 0 Å². The maximum Gasteiger partial charge on any atom is 0.407 e. The molecule has 4 N–H and O–H groups in total. The number of alkyl carbamates (subject to hydrolysis) is 2. The molecule has 4 aromatic rings. The molecule has 0 bridgehead atoms. The SMILES string of the molecule is COC(=O)NC(C(=O)N1C2CCC2C1c1ncc(-c2ccc(-c3ncc(-c4cnc(C5C6CCC6N5C(=O)C(NC(=O)OC)C(C)C)[nH]4)cn3)cc2)[nH]1)C(C)C. The minimum Gasteiger partial charge on any atom is -0.453 e. The monoisotopic (exact) mass is 764 g/mol. The third-order valence-corrected chi connectivity index (χ3v) is 12.2. The molecule has 0 radical (unpaired) electrons. The van der Waals surface area contributed by atoms with Gasteiger partial charge in [0.2, 0.25) is 11.8 Å². The molecule has 56 heavy (non-hydrogen) atoms. The molecule has 16 nitrogen and oxygen atoms in total. The van der Waals surface area contributed by atoms with Crippen LogP contribution < -0.4 is 10.6 Å². The van der Waals surface area contributed by atoms with E-state index in [-0.39, 0.29) is 47.8 Å². The van der Waals surface area contributed by atoms with Gasteiger partial charge in [-0.1, -0.05) is 52.0 Å². The summed E-state index contributed by atoms with van der Waals surface area (Å²) in [5, 5.41) is 5.43. The van der Waals surface area contributed by atoms with E-state index in [2.05, 4.69) is 35.6 Å². The van der Waals surface area contributed by atoms with Gasteiger partial charge in [-0.3, -0.25) is 9.59 Å². The number of ether oxygens (including phenoxy) is 2. The van der Waals surface area contributed by atoms with Gasteiger partial charge < -0.3 is 39.9 Å².